The van der Waals surface area contributed by atoms with Crippen LogP contribution in [0.15, 0.2) is 29.4 Å². The van der Waals surface area contributed by atoms with Crippen molar-refractivity contribution < 1.29 is 23.4 Å². The van der Waals surface area contributed by atoms with Gasteiger partial charge in [-0.15, -0.1) is 10.2 Å². The van der Waals surface area contributed by atoms with Crippen LogP contribution in [0.5, 0.6) is 5.75 Å². The highest BCUT2D eigenvalue weighted by Gasteiger charge is 2.17. The van der Waals surface area contributed by atoms with E-state index in [1.807, 2.05) is 0 Å². The number of para-hydroxylation sites is 1. The average Bonchev–Trinajstić information content (AvgIpc) is 2.77. The van der Waals surface area contributed by atoms with E-state index in [0.717, 1.165) is 11.8 Å². The van der Waals surface area contributed by atoms with Crippen LogP contribution in [0.1, 0.15) is 0 Å². The number of aromatic nitrogens is 3. The van der Waals surface area contributed by atoms with Crippen molar-refractivity contribution in [2.75, 3.05) is 5.75 Å². The zero-order valence-corrected chi connectivity index (χ0v) is 11.7. The standard InChI is InChI=1S/C12H11F2N3O3S/c1-17-10(15-16-12(17)21-6-9(18)19)7-4-2-3-5-8(7)20-11(13)14/h2-5,11H,6H2,1H3,(H,18,19). The number of hydrogen-bond donors (Lipinski definition) is 1. The number of carboxylic acids is 1. The normalized spacial score (nSPS) is 10.9. The van der Waals surface area contributed by atoms with Crippen LogP contribution in [-0.4, -0.2) is 38.2 Å². The smallest absolute Gasteiger partial charge is 0.387 e. The van der Waals surface area contributed by atoms with Crippen LogP contribution in [0, 0.1) is 0 Å². The molecule has 1 heterocycles. The van der Waals surface area contributed by atoms with Crippen molar-refractivity contribution in [3.05, 3.63) is 24.3 Å². The van der Waals surface area contributed by atoms with Gasteiger partial charge in [-0.05, 0) is 12.1 Å². The van der Waals surface area contributed by atoms with Crippen molar-refractivity contribution >= 4 is 17.7 Å². The van der Waals surface area contributed by atoms with Crippen LogP contribution in [0.4, 0.5) is 8.78 Å². The van der Waals surface area contributed by atoms with E-state index in [1.54, 1.807) is 25.2 Å². The maximum Gasteiger partial charge on any atom is 0.387 e. The van der Waals surface area contributed by atoms with Crippen molar-refractivity contribution in [2.24, 2.45) is 7.05 Å². The molecule has 0 spiro atoms. The van der Waals surface area contributed by atoms with E-state index >= 15 is 0 Å². The second-order valence-electron chi connectivity index (χ2n) is 3.92. The number of aliphatic carboxylic acids is 1. The molecule has 0 aliphatic heterocycles. The van der Waals surface area contributed by atoms with Crippen LogP contribution in [0.3, 0.4) is 0 Å². The zero-order chi connectivity index (χ0) is 15.4. The SMILES string of the molecule is Cn1c(SCC(=O)O)nnc1-c1ccccc1OC(F)F. The van der Waals surface area contributed by atoms with Crippen LogP contribution in [0.25, 0.3) is 11.4 Å². The Labute approximate surface area is 122 Å². The number of halogens is 2. The summed E-state index contributed by atoms with van der Waals surface area (Å²) in [6.07, 6.45) is 0. The Kier molecular flexibility index (Phi) is 4.73. The summed E-state index contributed by atoms with van der Waals surface area (Å²) >= 11 is 0.991. The van der Waals surface area contributed by atoms with Gasteiger partial charge in [0, 0.05) is 7.05 Å². The highest BCUT2D eigenvalue weighted by atomic mass is 32.2. The summed E-state index contributed by atoms with van der Waals surface area (Å²) in [6.45, 7) is -2.94. The molecule has 1 aromatic heterocycles. The fraction of sp³-hybridized carbons (Fsp3) is 0.250. The van der Waals surface area contributed by atoms with Gasteiger partial charge >= 0.3 is 12.6 Å². The van der Waals surface area contributed by atoms with Gasteiger partial charge in [0.15, 0.2) is 11.0 Å². The Morgan fingerprint density at radius 2 is 2.14 bits per heavy atom. The Morgan fingerprint density at radius 1 is 1.43 bits per heavy atom. The first-order chi connectivity index (χ1) is 9.99. The van der Waals surface area contributed by atoms with Gasteiger partial charge in [0.25, 0.3) is 0 Å². The second-order valence-corrected chi connectivity index (χ2v) is 4.86. The molecule has 0 radical (unpaired) electrons. The highest BCUT2D eigenvalue weighted by Crippen LogP contribution is 2.31. The molecule has 6 nitrogen and oxygen atoms in total. The summed E-state index contributed by atoms with van der Waals surface area (Å²) in [5.41, 5.74) is 0.356. The van der Waals surface area contributed by atoms with Gasteiger partial charge in [0.2, 0.25) is 0 Å². The quantitative estimate of drug-likeness (QED) is 0.824. The van der Waals surface area contributed by atoms with Crippen LogP contribution < -0.4 is 4.74 Å². The molecule has 1 aromatic carbocycles. The first-order valence-electron chi connectivity index (χ1n) is 5.77. The molecule has 9 heteroatoms. The summed E-state index contributed by atoms with van der Waals surface area (Å²) in [6, 6.07) is 6.21. The molecule has 0 aliphatic carbocycles. The van der Waals surface area contributed by atoms with Crippen molar-refractivity contribution in [3.63, 3.8) is 0 Å². The van der Waals surface area contributed by atoms with E-state index in [1.165, 1.54) is 10.6 Å². The molecule has 0 saturated carbocycles. The van der Waals surface area contributed by atoms with Gasteiger partial charge in [-0.3, -0.25) is 4.79 Å². The number of hydrogen-bond acceptors (Lipinski definition) is 5. The maximum atomic E-state index is 12.4. The molecule has 0 fully saturated rings. The number of ether oxygens (including phenoxy) is 1. The molecule has 1 N–H and O–H groups in total. The summed E-state index contributed by atoms with van der Waals surface area (Å²) in [7, 11) is 1.62. The largest absolute Gasteiger partial charge is 0.481 e. The van der Waals surface area contributed by atoms with Crippen molar-refractivity contribution in [3.8, 4) is 17.1 Å². The van der Waals surface area contributed by atoms with Crippen molar-refractivity contribution in [1.82, 2.24) is 14.8 Å². The molecule has 2 aromatic rings. The Hall–Kier alpha value is -2.16. The summed E-state index contributed by atoms with van der Waals surface area (Å²) in [5, 5.41) is 16.8. The topological polar surface area (TPSA) is 77.2 Å². The minimum absolute atomic E-state index is 0.0159. The third kappa shape index (κ3) is 3.69. The monoisotopic (exact) mass is 315 g/mol. The van der Waals surface area contributed by atoms with Crippen molar-refractivity contribution in [1.29, 1.82) is 0 Å². The van der Waals surface area contributed by atoms with E-state index in [4.69, 9.17) is 5.11 Å². The summed E-state index contributed by atoms with van der Waals surface area (Å²) < 4.78 is 30.8. The molecule has 21 heavy (non-hydrogen) atoms. The molecular formula is C12H11F2N3O3S. The minimum atomic E-state index is -2.94. The minimum Gasteiger partial charge on any atom is -0.481 e. The fourth-order valence-corrected chi connectivity index (χ4v) is 2.28. The van der Waals surface area contributed by atoms with E-state index in [-0.39, 0.29) is 11.5 Å². The predicted molar refractivity (Wildman–Crippen MR) is 71.4 cm³/mol. The number of rotatable bonds is 6. The van der Waals surface area contributed by atoms with Crippen LogP contribution in [-0.2, 0) is 11.8 Å². The van der Waals surface area contributed by atoms with Crippen molar-refractivity contribution in [2.45, 2.75) is 11.8 Å². The van der Waals surface area contributed by atoms with E-state index < -0.39 is 12.6 Å². The lowest BCUT2D eigenvalue weighted by atomic mass is 10.2. The molecule has 0 aliphatic rings. The van der Waals surface area contributed by atoms with Gasteiger partial charge < -0.3 is 14.4 Å². The first kappa shape index (κ1) is 15.2. The van der Waals surface area contributed by atoms with E-state index in [9.17, 15) is 13.6 Å². The van der Waals surface area contributed by atoms with Crippen LogP contribution in [0.2, 0.25) is 0 Å². The Morgan fingerprint density at radius 3 is 2.81 bits per heavy atom. The lowest BCUT2D eigenvalue weighted by Crippen LogP contribution is -2.05. The summed E-state index contributed by atoms with van der Waals surface area (Å²) in [5.74, 6) is -0.843. The molecule has 0 saturated heterocycles. The number of alkyl halides is 2. The van der Waals surface area contributed by atoms with E-state index in [2.05, 4.69) is 14.9 Å². The van der Waals surface area contributed by atoms with E-state index in [0.29, 0.717) is 16.5 Å². The van der Waals surface area contributed by atoms with Gasteiger partial charge in [-0.1, -0.05) is 23.9 Å². The lowest BCUT2D eigenvalue weighted by molar-refractivity contribution is -0.133. The Bertz CT molecular complexity index is 648. The highest BCUT2D eigenvalue weighted by molar-refractivity contribution is 7.99. The van der Waals surface area contributed by atoms with Gasteiger partial charge in [-0.25, -0.2) is 0 Å². The molecule has 0 amide bonds. The molecule has 0 atom stereocenters. The lowest BCUT2D eigenvalue weighted by Gasteiger charge is -2.10. The first-order valence-corrected chi connectivity index (χ1v) is 6.75. The number of carbonyl (C=O) groups is 1. The number of benzene rings is 1. The molecule has 0 unspecified atom stereocenters. The molecule has 112 valence electrons. The summed E-state index contributed by atoms with van der Waals surface area (Å²) in [4.78, 5) is 10.6. The second kappa shape index (κ2) is 6.53. The molecule has 2 rings (SSSR count). The number of thioether (sulfide) groups is 1. The average molecular weight is 315 g/mol. The predicted octanol–water partition coefficient (Wildman–Crippen LogP) is 2.26. The Balaban J connectivity index is 2.32. The van der Waals surface area contributed by atoms with Gasteiger partial charge in [0.05, 0.1) is 11.3 Å². The number of carboxylic acid groups (broad SMARTS) is 1. The molecular weight excluding hydrogens is 304 g/mol. The van der Waals surface area contributed by atoms with Gasteiger partial charge in [-0.2, -0.15) is 8.78 Å². The molecule has 0 bridgehead atoms. The third-order valence-electron chi connectivity index (χ3n) is 2.50. The maximum absolute atomic E-state index is 12.4. The van der Waals surface area contributed by atoms with Gasteiger partial charge in [0.1, 0.15) is 5.75 Å². The zero-order valence-electron chi connectivity index (χ0n) is 10.9. The number of nitrogens with zero attached hydrogens (tertiary/aromatic N) is 3. The van der Waals surface area contributed by atoms with Crippen LogP contribution >= 0.6 is 11.8 Å². The fourth-order valence-electron chi connectivity index (χ4n) is 1.65. The third-order valence-corrected chi connectivity index (χ3v) is 3.51.